The molecular weight excluding hydrogens is 450 g/mol. The number of carbonyl (C=O) groups excluding carboxylic acids is 1. The smallest absolute Gasteiger partial charge is 0.307 e. The van der Waals surface area contributed by atoms with E-state index in [4.69, 9.17) is 9.15 Å². The van der Waals surface area contributed by atoms with Gasteiger partial charge in [-0.05, 0) is 45.8 Å². The van der Waals surface area contributed by atoms with Gasteiger partial charge in [-0.15, -0.1) is 0 Å². The van der Waals surface area contributed by atoms with Gasteiger partial charge in [0.15, 0.2) is 17.3 Å². The van der Waals surface area contributed by atoms with E-state index < -0.39 is 10.8 Å². The monoisotopic (exact) mass is 463 g/mol. The second-order valence-corrected chi connectivity index (χ2v) is 6.53. The first-order chi connectivity index (χ1) is 13.9. The number of methoxy groups -OCH3 is 1. The van der Waals surface area contributed by atoms with Gasteiger partial charge in [-0.2, -0.15) is 10.2 Å². The Labute approximate surface area is 171 Å². The van der Waals surface area contributed by atoms with E-state index in [-0.39, 0.29) is 29.5 Å². The van der Waals surface area contributed by atoms with Crippen molar-refractivity contribution < 1.29 is 24.0 Å². The highest BCUT2D eigenvalue weighted by atomic mass is 79.9. The molecule has 29 heavy (non-hydrogen) atoms. The van der Waals surface area contributed by atoms with Crippen LogP contribution in [0.4, 0.5) is 5.69 Å². The molecule has 0 fully saturated rings. The lowest BCUT2D eigenvalue weighted by Gasteiger charge is -2.06. The van der Waals surface area contributed by atoms with Gasteiger partial charge in [-0.25, -0.2) is 5.43 Å². The summed E-state index contributed by atoms with van der Waals surface area (Å²) in [5, 5.41) is 28.2. The molecule has 12 heteroatoms. The van der Waals surface area contributed by atoms with Crippen LogP contribution in [0.3, 0.4) is 0 Å². The lowest BCUT2D eigenvalue weighted by molar-refractivity contribution is -0.385. The first-order valence-electron chi connectivity index (χ1n) is 8.03. The number of nitro groups is 1. The van der Waals surface area contributed by atoms with E-state index in [1.165, 1.54) is 30.3 Å². The van der Waals surface area contributed by atoms with E-state index in [2.05, 4.69) is 31.6 Å². The molecular formula is C17H14BrN5O6. The van der Waals surface area contributed by atoms with Crippen LogP contribution < -0.4 is 10.2 Å². The zero-order chi connectivity index (χ0) is 21.0. The first-order valence-corrected chi connectivity index (χ1v) is 8.82. The Kier molecular flexibility index (Phi) is 5.93. The number of halogens is 1. The van der Waals surface area contributed by atoms with Crippen LogP contribution in [0.2, 0.25) is 0 Å². The zero-order valence-corrected chi connectivity index (χ0v) is 16.5. The molecule has 1 aromatic carbocycles. The van der Waals surface area contributed by atoms with Gasteiger partial charge in [0.05, 0.1) is 29.3 Å². The summed E-state index contributed by atoms with van der Waals surface area (Å²) >= 11 is 3.20. The molecule has 1 amide bonds. The highest BCUT2D eigenvalue weighted by Crippen LogP contribution is 2.34. The average Bonchev–Trinajstić information content (AvgIpc) is 3.34. The molecule has 0 aliphatic rings. The van der Waals surface area contributed by atoms with Crippen molar-refractivity contribution in [2.45, 2.75) is 6.54 Å². The minimum atomic E-state index is -0.580. The van der Waals surface area contributed by atoms with Crippen LogP contribution in [0, 0.1) is 10.1 Å². The predicted octanol–water partition coefficient (Wildman–Crippen LogP) is 2.67. The largest absolute Gasteiger partial charge is 0.503 e. The van der Waals surface area contributed by atoms with E-state index in [9.17, 15) is 20.0 Å². The molecule has 0 spiro atoms. The minimum absolute atomic E-state index is 0.0169. The second kappa shape index (κ2) is 8.56. The van der Waals surface area contributed by atoms with E-state index >= 15 is 0 Å². The van der Waals surface area contributed by atoms with Crippen molar-refractivity contribution in [3.8, 4) is 11.5 Å². The average molecular weight is 464 g/mol. The number of ether oxygens (including phenoxy) is 1. The van der Waals surface area contributed by atoms with Gasteiger partial charge in [0.25, 0.3) is 0 Å². The van der Waals surface area contributed by atoms with Crippen molar-refractivity contribution >= 4 is 33.7 Å². The lowest BCUT2D eigenvalue weighted by Crippen LogP contribution is -2.16. The van der Waals surface area contributed by atoms with Gasteiger partial charge < -0.3 is 14.3 Å². The SMILES string of the molecule is COc1cc(C=NNC(=O)c2ccc(Cn3cc([N+](=O)[O-])cn3)o2)cc(Br)c1O. The molecule has 3 aromatic rings. The number of benzene rings is 1. The normalized spacial score (nSPS) is 11.0. The third kappa shape index (κ3) is 4.79. The topological polar surface area (TPSA) is 145 Å². The summed E-state index contributed by atoms with van der Waals surface area (Å²) in [5.74, 6) is 0.0392. The van der Waals surface area contributed by atoms with Gasteiger partial charge in [-0.1, -0.05) is 0 Å². The van der Waals surface area contributed by atoms with Crippen molar-refractivity contribution in [1.82, 2.24) is 15.2 Å². The molecule has 0 atom stereocenters. The number of hydrogen-bond acceptors (Lipinski definition) is 8. The van der Waals surface area contributed by atoms with Gasteiger partial charge in [0.2, 0.25) is 0 Å². The van der Waals surface area contributed by atoms with Crippen LogP contribution in [0.5, 0.6) is 11.5 Å². The van der Waals surface area contributed by atoms with Crippen LogP contribution in [-0.4, -0.2) is 39.0 Å². The predicted molar refractivity (Wildman–Crippen MR) is 104 cm³/mol. The molecule has 150 valence electrons. The molecule has 0 bridgehead atoms. The fourth-order valence-corrected chi connectivity index (χ4v) is 2.78. The molecule has 0 unspecified atom stereocenters. The van der Waals surface area contributed by atoms with Crippen LogP contribution in [0.1, 0.15) is 21.9 Å². The van der Waals surface area contributed by atoms with Crippen LogP contribution in [0.15, 0.2) is 50.7 Å². The van der Waals surface area contributed by atoms with Crippen molar-refractivity contribution in [2.24, 2.45) is 5.10 Å². The molecule has 2 N–H and O–H groups in total. The van der Waals surface area contributed by atoms with E-state index in [1.807, 2.05) is 0 Å². The highest BCUT2D eigenvalue weighted by molar-refractivity contribution is 9.10. The number of phenolic OH excluding ortho intramolecular Hbond substituents is 1. The maximum absolute atomic E-state index is 12.1. The zero-order valence-electron chi connectivity index (χ0n) is 14.9. The fourth-order valence-electron chi connectivity index (χ4n) is 2.32. The first kappa shape index (κ1) is 20.1. The van der Waals surface area contributed by atoms with Gasteiger partial charge in [-0.3, -0.25) is 19.6 Å². The number of aromatic hydroxyl groups is 1. The Morgan fingerprint density at radius 3 is 3.00 bits per heavy atom. The maximum Gasteiger partial charge on any atom is 0.307 e. The summed E-state index contributed by atoms with van der Waals surface area (Å²) in [5.41, 5.74) is 2.76. The van der Waals surface area contributed by atoms with E-state index in [0.717, 1.165) is 6.20 Å². The van der Waals surface area contributed by atoms with Crippen LogP contribution >= 0.6 is 15.9 Å². The minimum Gasteiger partial charge on any atom is -0.503 e. The summed E-state index contributed by atoms with van der Waals surface area (Å²) in [6, 6.07) is 6.16. The lowest BCUT2D eigenvalue weighted by atomic mass is 10.2. The molecule has 0 aliphatic carbocycles. The third-order valence-electron chi connectivity index (χ3n) is 3.68. The van der Waals surface area contributed by atoms with E-state index in [1.54, 1.807) is 18.2 Å². The number of nitrogens with one attached hydrogen (secondary N) is 1. The number of phenols is 1. The number of carbonyl (C=O) groups is 1. The highest BCUT2D eigenvalue weighted by Gasteiger charge is 2.13. The molecule has 0 aliphatic heterocycles. The number of hydrazone groups is 1. The Morgan fingerprint density at radius 2 is 2.31 bits per heavy atom. The van der Waals surface area contributed by atoms with Crippen LogP contribution in [-0.2, 0) is 6.54 Å². The quantitative estimate of drug-likeness (QED) is 0.311. The molecule has 0 saturated carbocycles. The molecule has 0 saturated heterocycles. The van der Waals surface area contributed by atoms with Gasteiger partial charge >= 0.3 is 11.6 Å². The van der Waals surface area contributed by atoms with Gasteiger partial charge in [0.1, 0.15) is 18.2 Å². The molecule has 0 radical (unpaired) electrons. The van der Waals surface area contributed by atoms with Crippen LogP contribution in [0.25, 0.3) is 0 Å². The summed E-state index contributed by atoms with van der Waals surface area (Å²) in [6.45, 7) is 0.131. The maximum atomic E-state index is 12.1. The number of furan rings is 1. The summed E-state index contributed by atoms with van der Waals surface area (Å²) in [4.78, 5) is 22.3. The second-order valence-electron chi connectivity index (χ2n) is 5.67. The Bertz CT molecular complexity index is 1090. The number of hydrogen-bond donors (Lipinski definition) is 2. The Hall–Kier alpha value is -3.67. The summed E-state index contributed by atoms with van der Waals surface area (Å²) in [6.07, 6.45) is 3.76. The molecule has 3 rings (SSSR count). The fraction of sp³-hybridized carbons (Fsp3) is 0.118. The third-order valence-corrected chi connectivity index (χ3v) is 4.29. The molecule has 2 aromatic heterocycles. The van der Waals surface area contributed by atoms with Gasteiger partial charge in [0, 0.05) is 0 Å². The summed E-state index contributed by atoms with van der Waals surface area (Å²) in [7, 11) is 1.42. The Morgan fingerprint density at radius 1 is 1.52 bits per heavy atom. The molecule has 2 heterocycles. The van der Waals surface area contributed by atoms with Crippen molar-refractivity contribution in [2.75, 3.05) is 7.11 Å². The summed E-state index contributed by atoms with van der Waals surface area (Å²) < 4.78 is 12.2. The van der Waals surface area contributed by atoms with Crippen molar-refractivity contribution in [3.63, 3.8) is 0 Å². The van der Waals surface area contributed by atoms with Crippen molar-refractivity contribution in [1.29, 1.82) is 0 Å². The standard InChI is InChI=1S/C17H14BrN5O6/c1-28-15-5-10(4-13(18)16(15)24)6-19-21-17(25)14-3-2-12(29-14)9-22-8-11(7-20-22)23(26)27/h2-8,24H,9H2,1H3,(H,21,25). The van der Waals surface area contributed by atoms with Crippen molar-refractivity contribution in [3.05, 3.63) is 68.3 Å². The number of aromatic nitrogens is 2. The number of rotatable bonds is 7. The number of amides is 1. The number of nitrogens with zero attached hydrogens (tertiary/aromatic N) is 4. The van der Waals surface area contributed by atoms with E-state index in [0.29, 0.717) is 15.8 Å². The Balaban J connectivity index is 1.62. The molecule has 11 nitrogen and oxygen atoms in total.